The Balaban J connectivity index is 2.12. The quantitative estimate of drug-likeness (QED) is 0.823. The van der Waals surface area contributed by atoms with Crippen molar-refractivity contribution in [3.8, 4) is 0 Å². The van der Waals surface area contributed by atoms with E-state index in [-0.39, 0.29) is 5.54 Å². The highest BCUT2D eigenvalue weighted by atomic mass is 79.9. The Labute approximate surface area is 138 Å². The molecule has 3 heteroatoms. The molecule has 0 aromatic heterocycles. The zero-order chi connectivity index (χ0) is 15.5. The Morgan fingerprint density at radius 2 is 1.90 bits per heavy atom. The molecule has 2 rings (SSSR count). The molecule has 0 unspecified atom stereocenters. The summed E-state index contributed by atoms with van der Waals surface area (Å²) < 4.78 is 1.18. The molecule has 0 atom stereocenters. The van der Waals surface area contributed by atoms with Crippen molar-refractivity contribution in [1.29, 1.82) is 0 Å². The molecular weight excluding hydrogens is 324 g/mol. The average molecular weight is 353 g/mol. The van der Waals surface area contributed by atoms with Crippen molar-refractivity contribution in [3.05, 3.63) is 28.2 Å². The molecule has 0 saturated carbocycles. The first kappa shape index (κ1) is 16.8. The fourth-order valence-electron chi connectivity index (χ4n) is 2.92. The summed E-state index contributed by atoms with van der Waals surface area (Å²) in [6.45, 7) is 12.3. The highest BCUT2D eigenvalue weighted by Gasteiger charge is 2.20. The van der Waals surface area contributed by atoms with E-state index in [2.05, 4.69) is 72.0 Å². The molecule has 1 N–H and O–H groups in total. The molecule has 21 heavy (non-hydrogen) atoms. The first-order chi connectivity index (χ1) is 9.89. The van der Waals surface area contributed by atoms with Crippen molar-refractivity contribution >= 4 is 21.6 Å². The van der Waals surface area contributed by atoms with Gasteiger partial charge in [0.25, 0.3) is 0 Å². The van der Waals surface area contributed by atoms with E-state index in [4.69, 9.17) is 0 Å². The number of nitrogens with zero attached hydrogens (tertiary/aromatic N) is 1. The molecule has 1 saturated heterocycles. The lowest BCUT2D eigenvalue weighted by Crippen LogP contribution is -2.37. The molecule has 1 aliphatic heterocycles. The monoisotopic (exact) mass is 352 g/mol. The van der Waals surface area contributed by atoms with Crippen LogP contribution in [-0.2, 0) is 6.54 Å². The number of anilines is 1. The molecule has 2 nitrogen and oxygen atoms in total. The number of benzene rings is 1. The second-order valence-electron chi connectivity index (χ2n) is 7.22. The van der Waals surface area contributed by atoms with Gasteiger partial charge in [-0.15, -0.1) is 0 Å². The first-order valence-electron chi connectivity index (χ1n) is 8.17. The third kappa shape index (κ3) is 5.00. The van der Waals surface area contributed by atoms with Crippen molar-refractivity contribution in [2.45, 2.75) is 59.0 Å². The van der Waals surface area contributed by atoms with Crippen LogP contribution in [0.15, 0.2) is 22.7 Å². The van der Waals surface area contributed by atoms with E-state index in [0.29, 0.717) is 0 Å². The van der Waals surface area contributed by atoms with Gasteiger partial charge in [-0.1, -0.05) is 35.3 Å². The maximum Gasteiger partial charge on any atom is 0.0423 e. The van der Waals surface area contributed by atoms with Gasteiger partial charge in [0.2, 0.25) is 0 Å². The maximum absolute atomic E-state index is 3.63. The second-order valence-corrected chi connectivity index (χ2v) is 8.13. The summed E-state index contributed by atoms with van der Waals surface area (Å²) >= 11 is 3.63. The standard InChI is InChI=1S/C18H29BrN2/c1-5-14-8-10-21(11-9-14)17-12-16(19)7-6-15(17)13-20-18(2,3)4/h6-7,12,14,20H,5,8-11,13H2,1-4H3. The van der Waals surface area contributed by atoms with Crippen molar-refractivity contribution < 1.29 is 0 Å². The Morgan fingerprint density at radius 1 is 1.24 bits per heavy atom. The normalized spacial score (nSPS) is 17.3. The lowest BCUT2D eigenvalue weighted by Gasteiger charge is -2.35. The number of halogens is 1. The van der Waals surface area contributed by atoms with Crippen LogP contribution in [0.5, 0.6) is 0 Å². The van der Waals surface area contributed by atoms with Gasteiger partial charge in [-0.05, 0) is 57.2 Å². The smallest absolute Gasteiger partial charge is 0.0423 e. The molecule has 0 amide bonds. The number of piperidine rings is 1. The lowest BCUT2D eigenvalue weighted by atomic mass is 9.93. The van der Waals surface area contributed by atoms with Crippen LogP contribution in [0.2, 0.25) is 0 Å². The molecule has 1 aromatic rings. The van der Waals surface area contributed by atoms with Crippen molar-refractivity contribution in [2.24, 2.45) is 5.92 Å². The van der Waals surface area contributed by atoms with E-state index in [1.54, 1.807) is 0 Å². The van der Waals surface area contributed by atoms with Crippen LogP contribution >= 0.6 is 15.9 Å². The van der Waals surface area contributed by atoms with E-state index in [1.807, 2.05) is 0 Å². The van der Waals surface area contributed by atoms with Crippen molar-refractivity contribution in [2.75, 3.05) is 18.0 Å². The molecule has 0 aliphatic carbocycles. The maximum atomic E-state index is 3.63. The van der Waals surface area contributed by atoms with Crippen LogP contribution in [0.4, 0.5) is 5.69 Å². The molecule has 1 heterocycles. The van der Waals surface area contributed by atoms with Gasteiger partial charge in [-0.3, -0.25) is 0 Å². The fourth-order valence-corrected chi connectivity index (χ4v) is 3.27. The molecule has 0 spiro atoms. The highest BCUT2D eigenvalue weighted by molar-refractivity contribution is 9.10. The molecule has 0 radical (unpaired) electrons. The van der Waals surface area contributed by atoms with E-state index >= 15 is 0 Å². The zero-order valence-electron chi connectivity index (χ0n) is 13.9. The molecule has 1 fully saturated rings. The zero-order valence-corrected chi connectivity index (χ0v) is 15.5. The van der Waals surface area contributed by atoms with Crippen molar-refractivity contribution in [1.82, 2.24) is 5.32 Å². The van der Waals surface area contributed by atoms with Crippen LogP contribution in [0.1, 0.15) is 52.5 Å². The third-order valence-electron chi connectivity index (χ3n) is 4.39. The molecular formula is C18H29BrN2. The summed E-state index contributed by atoms with van der Waals surface area (Å²) in [4.78, 5) is 2.57. The minimum Gasteiger partial charge on any atom is -0.371 e. The van der Waals surface area contributed by atoms with Crippen LogP contribution in [-0.4, -0.2) is 18.6 Å². The first-order valence-corrected chi connectivity index (χ1v) is 8.97. The van der Waals surface area contributed by atoms with Gasteiger partial charge >= 0.3 is 0 Å². The van der Waals surface area contributed by atoms with Gasteiger partial charge in [-0.25, -0.2) is 0 Å². The molecule has 118 valence electrons. The van der Waals surface area contributed by atoms with Gasteiger partial charge in [0.05, 0.1) is 0 Å². The van der Waals surface area contributed by atoms with Crippen LogP contribution in [0.3, 0.4) is 0 Å². The third-order valence-corrected chi connectivity index (χ3v) is 4.88. The summed E-state index contributed by atoms with van der Waals surface area (Å²) in [5, 5.41) is 3.62. The fraction of sp³-hybridized carbons (Fsp3) is 0.667. The number of rotatable bonds is 4. The Hall–Kier alpha value is -0.540. The van der Waals surface area contributed by atoms with Gasteiger partial charge in [0.1, 0.15) is 0 Å². The average Bonchev–Trinajstić information content (AvgIpc) is 2.45. The summed E-state index contributed by atoms with van der Waals surface area (Å²) in [5.74, 6) is 0.921. The van der Waals surface area contributed by atoms with Gasteiger partial charge in [0, 0.05) is 35.3 Å². The Kier molecular flexibility index (Phi) is 5.73. The number of hydrogen-bond donors (Lipinski definition) is 1. The van der Waals surface area contributed by atoms with Crippen molar-refractivity contribution in [3.63, 3.8) is 0 Å². The van der Waals surface area contributed by atoms with E-state index in [1.165, 1.54) is 48.1 Å². The highest BCUT2D eigenvalue weighted by Crippen LogP contribution is 2.30. The van der Waals surface area contributed by atoms with Crippen LogP contribution in [0.25, 0.3) is 0 Å². The predicted octanol–water partition coefficient (Wildman–Crippen LogP) is 4.96. The number of hydrogen-bond acceptors (Lipinski definition) is 2. The number of nitrogens with one attached hydrogen (secondary N) is 1. The SMILES string of the molecule is CCC1CCN(c2cc(Br)ccc2CNC(C)(C)C)CC1. The van der Waals surface area contributed by atoms with Gasteiger partial charge in [-0.2, -0.15) is 0 Å². The minimum absolute atomic E-state index is 0.152. The molecule has 0 bridgehead atoms. The Bertz CT molecular complexity index is 457. The minimum atomic E-state index is 0.152. The summed E-state index contributed by atoms with van der Waals surface area (Å²) in [7, 11) is 0. The van der Waals surface area contributed by atoms with E-state index < -0.39 is 0 Å². The second kappa shape index (κ2) is 7.15. The summed E-state index contributed by atoms with van der Waals surface area (Å²) in [6, 6.07) is 6.69. The topological polar surface area (TPSA) is 15.3 Å². The van der Waals surface area contributed by atoms with Gasteiger partial charge in [0.15, 0.2) is 0 Å². The van der Waals surface area contributed by atoms with Crippen LogP contribution < -0.4 is 10.2 Å². The summed E-state index contributed by atoms with van der Waals surface area (Å²) in [5.41, 5.74) is 2.96. The lowest BCUT2D eigenvalue weighted by molar-refractivity contribution is 0.393. The largest absolute Gasteiger partial charge is 0.371 e. The Morgan fingerprint density at radius 3 is 2.48 bits per heavy atom. The van der Waals surface area contributed by atoms with E-state index in [0.717, 1.165) is 12.5 Å². The molecule has 1 aromatic carbocycles. The summed E-state index contributed by atoms with van der Waals surface area (Å²) in [6.07, 6.45) is 3.98. The molecule has 1 aliphatic rings. The predicted molar refractivity (Wildman–Crippen MR) is 96.0 cm³/mol. The van der Waals surface area contributed by atoms with Crippen LogP contribution in [0, 0.1) is 5.92 Å². The van der Waals surface area contributed by atoms with Gasteiger partial charge < -0.3 is 10.2 Å². The van der Waals surface area contributed by atoms with E-state index in [9.17, 15) is 0 Å².